The van der Waals surface area contributed by atoms with Crippen LogP contribution in [0.2, 0.25) is 5.02 Å². The summed E-state index contributed by atoms with van der Waals surface area (Å²) >= 11 is 5.92. The zero-order valence-electron chi connectivity index (χ0n) is 13.1. The van der Waals surface area contributed by atoms with Gasteiger partial charge in [-0.2, -0.15) is 0 Å². The van der Waals surface area contributed by atoms with Crippen LogP contribution in [0.15, 0.2) is 54.6 Å². The molecule has 0 saturated carbocycles. The lowest BCUT2D eigenvalue weighted by Gasteiger charge is -2.38. The minimum Gasteiger partial charge on any atom is -0.492 e. The maximum absolute atomic E-state index is 10.9. The number of nitrogens with zero attached hydrogens (tertiary/aromatic N) is 1. The van der Waals surface area contributed by atoms with Gasteiger partial charge in [-0.25, -0.2) is 0 Å². The van der Waals surface area contributed by atoms with Crippen molar-refractivity contribution < 1.29 is 9.84 Å². The molecule has 0 atom stereocenters. The first kappa shape index (κ1) is 16.3. The lowest BCUT2D eigenvalue weighted by Crippen LogP contribution is -2.43. The average Bonchev–Trinajstić information content (AvgIpc) is 2.58. The highest BCUT2D eigenvalue weighted by molar-refractivity contribution is 6.30. The predicted octanol–water partition coefficient (Wildman–Crippen LogP) is 3.70. The third-order valence-electron chi connectivity index (χ3n) is 4.48. The zero-order chi connectivity index (χ0) is 16.1. The number of hydrogen-bond donors (Lipinski definition) is 1. The molecule has 3 rings (SSSR count). The first-order chi connectivity index (χ1) is 11.2. The number of rotatable bonds is 5. The van der Waals surface area contributed by atoms with E-state index in [9.17, 15) is 5.11 Å². The molecule has 0 aliphatic carbocycles. The summed E-state index contributed by atoms with van der Waals surface area (Å²) in [7, 11) is 0. The number of para-hydroxylation sites is 1. The first-order valence-corrected chi connectivity index (χ1v) is 8.42. The number of piperidine rings is 1. The van der Waals surface area contributed by atoms with Crippen LogP contribution in [0.5, 0.6) is 5.75 Å². The van der Waals surface area contributed by atoms with Gasteiger partial charge in [-0.05, 0) is 42.7 Å². The average molecular weight is 332 g/mol. The second-order valence-electron chi connectivity index (χ2n) is 6.04. The van der Waals surface area contributed by atoms with Gasteiger partial charge in [-0.15, -0.1) is 0 Å². The first-order valence-electron chi connectivity index (χ1n) is 8.04. The van der Waals surface area contributed by atoms with Crippen LogP contribution in [-0.4, -0.2) is 36.2 Å². The summed E-state index contributed by atoms with van der Waals surface area (Å²) in [4.78, 5) is 2.34. The van der Waals surface area contributed by atoms with E-state index in [1.54, 1.807) is 0 Å². The Hall–Kier alpha value is -1.55. The van der Waals surface area contributed by atoms with Gasteiger partial charge < -0.3 is 9.84 Å². The van der Waals surface area contributed by atoms with E-state index in [1.165, 1.54) is 0 Å². The van der Waals surface area contributed by atoms with Crippen LogP contribution in [0.3, 0.4) is 0 Å². The summed E-state index contributed by atoms with van der Waals surface area (Å²) < 4.78 is 5.74. The monoisotopic (exact) mass is 331 g/mol. The van der Waals surface area contributed by atoms with E-state index < -0.39 is 5.60 Å². The van der Waals surface area contributed by atoms with E-state index >= 15 is 0 Å². The Morgan fingerprint density at radius 1 is 1.00 bits per heavy atom. The fourth-order valence-electron chi connectivity index (χ4n) is 3.00. The quantitative estimate of drug-likeness (QED) is 0.906. The largest absolute Gasteiger partial charge is 0.492 e. The van der Waals surface area contributed by atoms with Gasteiger partial charge in [0, 0.05) is 24.7 Å². The van der Waals surface area contributed by atoms with E-state index in [-0.39, 0.29) is 0 Å². The Morgan fingerprint density at radius 2 is 1.65 bits per heavy atom. The van der Waals surface area contributed by atoms with E-state index in [0.717, 1.165) is 43.8 Å². The van der Waals surface area contributed by atoms with Crippen molar-refractivity contribution in [1.29, 1.82) is 0 Å². The predicted molar refractivity (Wildman–Crippen MR) is 93.0 cm³/mol. The number of aliphatic hydroxyl groups is 1. The maximum Gasteiger partial charge on any atom is 0.119 e. The molecule has 0 radical (unpaired) electrons. The smallest absolute Gasteiger partial charge is 0.119 e. The highest BCUT2D eigenvalue weighted by Gasteiger charge is 2.33. The van der Waals surface area contributed by atoms with E-state index in [1.807, 2.05) is 54.6 Å². The SMILES string of the molecule is OC1(c2ccc(Cl)cc2)CCN(CCOc2ccccc2)CC1. The van der Waals surface area contributed by atoms with Gasteiger partial charge in [-0.1, -0.05) is 41.9 Å². The third-order valence-corrected chi connectivity index (χ3v) is 4.74. The standard InChI is InChI=1S/C19H22ClNO2/c20-17-8-6-16(7-9-17)19(22)10-12-21(13-11-19)14-15-23-18-4-2-1-3-5-18/h1-9,22H,10-15H2. The Labute approximate surface area is 142 Å². The number of ether oxygens (including phenoxy) is 1. The Morgan fingerprint density at radius 3 is 2.30 bits per heavy atom. The minimum atomic E-state index is -0.735. The van der Waals surface area contributed by atoms with Gasteiger partial charge in [0.2, 0.25) is 0 Å². The van der Waals surface area contributed by atoms with Gasteiger partial charge in [0.15, 0.2) is 0 Å². The van der Waals surface area contributed by atoms with E-state index in [4.69, 9.17) is 16.3 Å². The molecule has 0 amide bonds. The van der Waals surface area contributed by atoms with Crippen molar-refractivity contribution >= 4 is 11.6 Å². The number of halogens is 1. The number of benzene rings is 2. The molecule has 0 unspecified atom stereocenters. The van der Waals surface area contributed by atoms with Crippen molar-refractivity contribution in [3.8, 4) is 5.75 Å². The van der Waals surface area contributed by atoms with Gasteiger partial charge >= 0.3 is 0 Å². The van der Waals surface area contributed by atoms with Crippen LogP contribution in [0.1, 0.15) is 18.4 Å². The summed E-state index contributed by atoms with van der Waals surface area (Å²) in [6.45, 7) is 3.30. The molecule has 1 aliphatic rings. The van der Waals surface area contributed by atoms with Crippen molar-refractivity contribution in [3.05, 3.63) is 65.2 Å². The molecule has 2 aromatic rings. The van der Waals surface area contributed by atoms with Gasteiger partial charge in [0.1, 0.15) is 12.4 Å². The number of hydrogen-bond acceptors (Lipinski definition) is 3. The molecule has 1 fully saturated rings. The lowest BCUT2D eigenvalue weighted by atomic mass is 9.84. The molecule has 3 nitrogen and oxygen atoms in total. The van der Waals surface area contributed by atoms with Crippen molar-refractivity contribution in [3.63, 3.8) is 0 Å². The van der Waals surface area contributed by atoms with Crippen LogP contribution in [0.4, 0.5) is 0 Å². The maximum atomic E-state index is 10.9. The van der Waals surface area contributed by atoms with Gasteiger partial charge in [0.05, 0.1) is 5.60 Å². The molecule has 23 heavy (non-hydrogen) atoms. The van der Waals surface area contributed by atoms with E-state index in [0.29, 0.717) is 11.6 Å². The summed E-state index contributed by atoms with van der Waals surface area (Å²) in [6, 6.07) is 17.4. The molecule has 0 spiro atoms. The van der Waals surface area contributed by atoms with Crippen molar-refractivity contribution in [2.75, 3.05) is 26.2 Å². The molecule has 1 heterocycles. The Kier molecular flexibility index (Phi) is 5.21. The lowest BCUT2D eigenvalue weighted by molar-refractivity contribution is -0.0278. The summed E-state index contributed by atoms with van der Waals surface area (Å²) in [5.41, 5.74) is 0.226. The van der Waals surface area contributed by atoms with Crippen molar-refractivity contribution in [1.82, 2.24) is 4.90 Å². The minimum absolute atomic E-state index is 0.670. The van der Waals surface area contributed by atoms with Crippen LogP contribution < -0.4 is 4.74 Å². The second-order valence-corrected chi connectivity index (χ2v) is 6.48. The molecule has 2 aromatic carbocycles. The van der Waals surface area contributed by atoms with E-state index in [2.05, 4.69) is 4.90 Å². The molecule has 1 aliphatic heterocycles. The zero-order valence-corrected chi connectivity index (χ0v) is 13.9. The van der Waals surface area contributed by atoms with Crippen molar-refractivity contribution in [2.24, 2.45) is 0 Å². The molecule has 122 valence electrons. The fourth-order valence-corrected chi connectivity index (χ4v) is 3.13. The normalized spacial score (nSPS) is 17.8. The molecule has 1 saturated heterocycles. The number of likely N-dealkylation sites (tertiary alicyclic amines) is 1. The molecular formula is C19H22ClNO2. The Balaban J connectivity index is 1.47. The molecule has 4 heteroatoms. The molecular weight excluding hydrogens is 310 g/mol. The molecule has 0 bridgehead atoms. The van der Waals surface area contributed by atoms with Gasteiger partial charge in [-0.3, -0.25) is 4.90 Å². The molecule has 1 N–H and O–H groups in total. The summed E-state index contributed by atoms with van der Waals surface area (Å²) in [6.07, 6.45) is 1.47. The second kappa shape index (κ2) is 7.35. The van der Waals surface area contributed by atoms with Crippen LogP contribution in [0, 0.1) is 0 Å². The van der Waals surface area contributed by atoms with Gasteiger partial charge in [0.25, 0.3) is 0 Å². The summed E-state index contributed by atoms with van der Waals surface area (Å²) in [5.74, 6) is 0.905. The molecule has 0 aromatic heterocycles. The topological polar surface area (TPSA) is 32.7 Å². The van der Waals surface area contributed by atoms with Crippen LogP contribution in [0.25, 0.3) is 0 Å². The van der Waals surface area contributed by atoms with Crippen molar-refractivity contribution in [2.45, 2.75) is 18.4 Å². The summed E-state index contributed by atoms with van der Waals surface area (Å²) in [5, 5.41) is 11.6. The van der Waals surface area contributed by atoms with Crippen LogP contribution >= 0.6 is 11.6 Å². The Bertz CT molecular complexity index is 607. The fraction of sp³-hybridized carbons (Fsp3) is 0.368. The third kappa shape index (κ3) is 4.25. The van der Waals surface area contributed by atoms with Crippen LogP contribution in [-0.2, 0) is 5.60 Å². The highest BCUT2D eigenvalue weighted by atomic mass is 35.5. The highest BCUT2D eigenvalue weighted by Crippen LogP contribution is 2.33.